The molecular formula is C16H19NO. The molecule has 18 heavy (non-hydrogen) atoms. The van der Waals surface area contributed by atoms with Crippen LogP contribution in [0.25, 0.3) is 10.8 Å². The van der Waals surface area contributed by atoms with E-state index in [2.05, 4.69) is 23.5 Å². The van der Waals surface area contributed by atoms with E-state index in [0.717, 1.165) is 18.5 Å². The van der Waals surface area contributed by atoms with Gasteiger partial charge in [-0.2, -0.15) is 0 Å². The molecule has 3 rings (SSSR count). The zero-order valence-corrected chi connectivity index (χ0v) is 10.5. The fourth-order valence-corrected chi connectivity index (χ4v) is 2.87. The molecule has 1 aliphatic heterocycles. The van der Waals surface area contributed by atoms with Crippen molar-refractivity contribution in [2.24, 2.45) is 0 Å². The summed E-state index contributed by atoms with van der Waals surface area (Å²) in [5.41, 5.74) is 1.05. The normalized spacial score (nSPS) is 21.9. The lowest BCUT2D eigenvalue weighted by molar-refractivity contribution is 0.115. The molecule has 0 saturated carbocycles. The topological polar surface area (TPSA) is 32.3 Å². The predicted molar refractivity (Wildman–Crippen MR) is 74.5 cm³/mol. The lowest BCUT2D eigenvalue weighted by Gasteiger charge is -2.28. The van der Waals surface area contributed by atoms with Crippen LogP contribution in [-0.4, -0.2) is 17.7 Å². The number of aliphatic hydroxyl groups is 1. The van der Waals surface area contributed by atoms with Crippen molar-refractivity contribution in [1.82, 2.24) is 5.32 Å². The van der Waals surface area contributed by atoms with Gasteiger partial charge in [0.25, 0.3) is 0 Å². The van der Waals surface area contributed by atoms with Crippen molar-refractivity contribution < 1.29 is 5.11 Å². The zero-order valence-electron chi connectivity index (χ0n) is 10.5. The number of rotatable bonds is 2. The average molecular weight is 241 g/mol. The summed E-state index contributed by atoms with van der Waals surface area (Å²) in [5.74, 6) is 0. The smallest absolute Gasteiger partial charge is 0.0948 e. The summed E-state index contributed by atoms with van der Waals surface area (Å²) in [5, 5.41) is 16.4. The molecule has 1 unspecified atom stereocenters. The highest BCUT2D eigenvalue weighted by Gasteiger charge is 2.23. The minimum absolute atomic E-state index is 0.199. The van der Waals surface area contributed by atoms with Crippen molar-refractivity contribution >= 4 is 10.8 Å². The quantitative estimate of drug-likeness (QED) is 0.847. The molecule has 1 fully saturated rings. The SMILES string of the molecule is O[C@@H](c1cccc2ccccc12)C1CCCCN1. The zero-order chi connectivity index (χ0) is 12.4. The highest BCUT2D eigenvalue weighted by atomic mass is 16.3. The van der Waals surface area contributed by atoms with E-state index < -0.39 is 6.10 Å². The summed E-state index contributed by atoms with van der Waals surface area (Å²) in [4.78, 5) is 0. The van der Waals surface area contributed by atoms with Gasteiger partial charge in [-0.25, -0.2) is 0 Å². The summed E-state index contributed by atoms with van der Waals surface area (Å²) in [6.45, 7) is 1.02. The molecule has 0 radical (unpaired) electrons. The van der Waals surface area contributed by atoms with Crippen molar-refractivity contribution in [1.29, 1.82) is 0 Å². The molecule has 2 heteroatoms. The maximum absolute atomic E-state index is 10.6. The van der Waals surface area contributed by atoms with Gasteiger partial charge in [0.1, 0.15) is 0 Å². The van der Waals surface area contributed by atoms with Crippen molar-refractivity contribution in [2.75, 3.05) is 6.54 Å². The van der Waals surface area contributed by atoms with Gasteiger partial charge in [-0.1, -0.05) is 48.9 Å². The summed E-state index contributed by atoms with van der Waals surface area (Å²) in [6, 6.07) is 14.6. The Kier molecular flexibility index (Phi) is 3.31. The Hall–Kier alpha value is -1.38. The lowest BCUT2D eigenvalue weighted by atomic mass is 9.92. The van der Waals surface area contributed by atoms with Gasteiger partial charge in [0.05, 0.1) is 6.10 Å². The van der Waals surface area contributed by atoms with Crippen LogP contribution in [0.2, 0.25) is 0 Å². The molecule has 2 N–H and O–H groups in total. The first-order valence-corrected chi connectivity index (χ1v) is 6.75. The minimum Gasteiger partial charge on any atom is -0.387 e. The second-order valence-corrected chi connectivity index (χ2v) is 5.07. The van der Waals surface area contributed by atoms with E-state index in [-0.39, 0.29) is 6.04 Å². The van der Waals surface area contributed by atoms with Gasteiger partial charge in [-0.15, -0.1) is 0 Å². The Labute approximate surface area is 108 Å². The number of aliphatic hydroxyl groups excluding tert-OH is 1. The molecule has 2 nitrogen and oxygen atoms in total. The highest BCUT2D eigenvalue weighted by molar-refractivity contribution is 5.86. The van der Waals surface area contributed by atoms with Crippen LogP contribution in [0.3, 0.4) is 0 Å². The third-order valence-electron chi connectivity index (χ3n) is 3.87. The Balaban J connectivity index is 1.97. The second kappa shape index (κ2) is 5.09. The van der Waals surface area contributed by atoms with Gasteiger partial charge in [0.2, 0.25) is 0 Å². The molecule has 94 valence electrons. The fourth-order valence-electron chi connectivity index (χ4n) is 2.87. The van der Waals surface area contributed by atoms with Gasteiger partial charge in [-0.05, 0) is 35.7 Å². The second-order valence-electron chi connectivity index (χ2n) is 5.07. The van der Waals surface area contributed by atoms with Crippen molar-refractivity contribution in [2.45, 2.75) is 31.4 Å². The van der Waals surface area contributed by atoms with Crippen LogP contribution in [0.5, 0.6) is 0 Å². The predicted octanol–water partition coefficient (Wildman–Crippen LogP) is 3.02. The molecule has 2 aromatic carbocycles. The molecule has 0 spiro atoms. The molecule has 2 aromatic rings. The largest absolute Gasteiger partial charge is 0.387 e. The molecule has 1 saturated heterocycles. The first kappa shape index (κ1) is 11.7. The average Bonchev–Trinajstić information content (AvgIpc) is 2.47. The lowest BCUT2D eigenvalue weighted by Crippen LogP contribution is -2.38. The fraction of sp³-hybridized carbons (Fsp3) is 0.375. The number of piperidine rings is 1. The highest BCUT2D eigenvalue weighted by Crippen LogP contribution is 2.28. The molecule has 0 aromatic heterocycles. The summed E-state index contributed by atoms with van der Waals surface area (Å²) < 4.78 is 0. The van der Waals surface area contributed by atoms with Crippen molar-refractivity contribution in [3.05, 3.63) is 48.0 Å². The summed E-state index contributed by atoms with van der Waals surface area (Å²) >= 11 is 0. The number of hydrogen-bond acceptors (Lipinski definition) is 2. The van der Waals surface area contributed by atoms with E-state index in [1.807, 2.05) is 24.3 Å². The van der Waals surface area contributed by atoms with E-state index in [1.54, 1.807) is 0 Å². The van der Waals surface area contributed by atoms with Gasteiger partial charge >= 0.3 is 0 Å². The van der Waals surface area contributed by atoms with Crippen LogP contribution in [0.1, 0.15) is 30.9 Å². The van der Waals surface area contributed by atoms with E-state index in [1.165, 1.54) is 23.6 Å². The van der Waals surface area contributed by atoms with Crippen LogP contribution in [0.15, 0.2) is 42.5 Å². The molecule has 1 heterocycles. The maximum Gasteiger partial charge on any atom is 0.0948 e. The van der Waals surface area contributed by atoms with Crippen LogP contribution in [0.4, 0.5) is 0 Å². The van der Waals surface area contributed by atoms with Crippen LogP contribution >= 0.6 is 0 Å². The Morgan fingerprint density at radius 2 is 1.89 bits per heavy atom. The first-order valence-electron chi connectivity index (χ1n) is 6.75. The van der Waals surface area contributed by atoms with Crippen LogP contribution < -0.4 is 5.32 Å². The van der Waals surface area contributed by atoms with Gasteiger partial charge in [-0.3, -0.25) is 0 Å². The third-order valence-corrected chi connectivity index (χ3v) is 3.87. The summed E-state index contributed by atoms with van der Waals surface area (Å²) in [7, 11) is 0. The van der Waals surface area contributed by atoms with E-state index in [4.69, 9.17) is 0 Å². The molecular weight excluding hydrogens is 222 g/mol. The monoisotopic (exact) mass is 241 g/mol. The summed E-state index contributed by atoms with van der Waals surface area (Å²) in [6.07, 6.45) is 3.08. The first-order chi connectivity index (χ1) is 8.86. The van der Waals surface area contributed by atoms with E-state index in [0.29, 0.717) is 0 Å². The Morgan fingerprint density at radius 3 is 2.72 bits per heavy atom. The molecule has 1 aliphatic rings. The molecule has 0 aliphatic carbocycles. The van der Waals surface area contributed by atoms with Crippen molar-refractivity contribution in [3.63, 3.8) is 0 Å². The third kappa shape index (κ3) is 2.14. The van der Waals surface area contributed by atoms with E-state index in [9.17, 15) is 5.11 Å². The van der Waals surface area contributed by atoms with Crippen molar-refractivity contribution in [3.8, 4) is 0 Å². The molecule has 0 bridgehead atoms. The Bertz CT molecular complexity index is 526. The van der Waals surface area contributed by atoms with E-state index >= 15 is 0 Å². The minimum atomic E-state index is -0.406. The number of benzene rings is 2. The number of fused-ring (bicyclic) bond motifs is 1. The molecule has 0 amide bonds. The van der Waals surface area contributed by atoms with Gasteiger partial charge in [0, 0.05) is 6.04 Å². The van der Waals surface area contributed by atoms with Crippen LogP contribution in [0, 0.1) is 0 Å². The van der Waals surface area contributed by atoms with Gasteiger partial charge in [0.15, 0.2) is 0 Å². The molecule has 2 atom stereocenters. The number of nitrogens with one attached hydrogen (secondary N) is 1. The van der Waals surface area contributed by atoms with Gasteiger partial charge < -0.3 is 10.4 Å². The maximum atomic E-state index is 10.6. The Morgan fingerprint density at radius 1 is 1.06 bits per heavy atom. The number of hydrogen-bond donors (Lipinski definition) is 2. The standard InChI is InChI=1S/C16H19NO/c18-16(15-10-3-4-11-17-15)14-9-5-7-12-6-1-2-8-13(12)14/h1-2,5-9,15-18H,3-4,10-11H2/t15?,16-/m0/s1. The van der Waals surface area contributed by atoms with Crippen LogP contribution in [-0.2, 0) is 0 Å².